The standard InChI is InChI=1S/C16H22BrNS/c1-2-19-12-7-6-11(10-12)18-16-9-8-13-14(16)4-3-5-15(13)17/h3-5,11-12,16,18H,2,6-10H2,1H3. The van der Waals surface area contributed by atoms with E-state index in [-0.39, 0.29) is 0 Å². The molecule has 0 bridgehead atoms. The maximum absolute atomic E-state index is 3.92. The quantitative estimate of drug-likeness (QED) is 0.853. The molecule has 0 aliphatic heterocycles. The summed E-state index contributed by atoms with van der Waals surface area (Å²) in [6, 6.07) is 7.97. The third kappa shape index (κ3) is 3.03. The van der Waals surface area contributed by atoms with E-state index in [9.17, 15) is 0 Å². The summed E-state index contributed by atoms with van der Waals surface area (Å²) >= 11 is 5.83. The van der Waals surface area contributed by atoms with Crippen LogP contribution in [0.5, 0.6) is 0 Å². The van der Waals surface area contributed by atoms with Crippen molar-refractivity contribution in [3.8, 4) is 0 Å². The van der Waals surface area contributed by atoms with Gasteiger partial charge in [0.15, 0.2) is 0 Å². The van der Waals surface area contributed by atoms with Crippen molar-refractivity contribution in [2.45, 2.75) is 56.4 Å². The first-order valence-electron chi connectivity index (χ1n) is 7.43. The van der Waals surface area contributed by atoms with E-state index in [4.69, 9.17) is 0 Å². The monoisotopic (exact) mass is 339 g/mol. The molecule has 104 valence electrons. The Labute approximate surface area is 129 Å². The first kappa shape index (κ1) is 14.0. The van der Waals surface area contributed by atoms with Gasteiger partial charge >= 0.3 is 0 Å². The van der Waals surface area contributed by atoms with Gasteiger partial charge in [-0.3, -0.25) is 0 Å². The van der Waals surface area contributed by atoms with Gasteiger partial charge in [-0.05, 0) is 55.1 Å². The zero-order valence-electron chi connectivity index (χ0n) is 11.5. The number of fused-ring (bicyclic) bond motifs is 1. The second kappa shape index (κ2) is 6.19. The molecule has 0 saturated heterocycles. The highest BCUT2D eigenvalue weighted by atomic mass is 79.9. The predicted molar refractivity (Wildman–Crippen MR) is 87.9 cm³/mol. The molecule has 0 spiro atoms. The third-order valence-corrected chi connectivity index (χ3v) is 6.41. The maximum Gasteiger partial charge on any atom is 0.0328 e. The van der Waals surface area contributed by atoms with Crippen LogP contribution >= 0.6 is 27.7 Å². The zero-order valence-corrected chi connectivity index (χ0v) is 13.9. The second-order valence-corrected chi connectivity index (χ2v) is 8.08. The van der Waals surface area contributed by atoms with Gasteiger partial charge in [0.2, 0.25) is 0 Å². The second-order valence-electron chi connectivity index (χ2n) is 5.65. The zero-order chi connectivity index (χ0) is 13.2. The Morgan fingerprint density at radius 3 is 3.05 bits per heavy atom. The van der Waals surface area contributed by atoms with Crippen LogP contribution in [-0.4, -0.2) is 17.0 Å². The molecule has 3 atom stereocenters. The molecule has 1 nitrogen and oxygen atoms in total. The van der Waals surface area contributed by atoms with Gasteiger partial charge in [0, 0.05) is 21.8 Å². The minimum absolute atomic E-state index is 0.586. The molecule has 3 rings (SSSR count). The summed E-state index contributed by atoms with van der Waals surface area (Å²) in [5.41, 5.74) is 3.05. The average Bonchev–Trinajstić information content (AvgIpc) is 3.00. The first-order valence-corrected chi connectivity index (χ1v) is 9.27. The summed E-state index contributed by atoms with van der Waals surface area (Å²) in [6.07, 6.45) is 6.60. The van der Waals surface area contributed by atoms with Gasteiger partial charge in [0.1, 0.15) is 0 Å². The van der Waals surface area contributed by atoms with Crippen molar-refractivity contribution in [2.24, 2.45) is 0 Å². The fourth-order valence-electron chi connectivity index (χ4n) is 3.55. The van der Waals surface area contributed by atoms with E-state index in [1.165, 1.54) is 53.5 Å². The van der Waals surface area contributed by atoms with Crippen molar-refractivity contribution < 1.29 is 0 Å². The highest BCUT2D eigenvalue weighted by Crippen LogP contribution is 2.38. The van der Waals surface area contributed by atoms with Crippen LogP contribution in [0.1, 0.15) is 49.8 Å². The molecule has 0 aromatic heterocycles. The molecule has 19 heavy (non-hydrogen) atoms. The summed E-state index contributed by atoms with van der Waals surface area (Å²) in [5, 5.41) is 4.81. The van der Waals surface area contributed by atoms with Gasteiger partial charge in [-0.25, -0.2) is 0 Å². The Balaban J connectivity index is 1.63. The van der Waals surface area contributed by atoms with E-state index >= 15 is 0 Å². The highest BCUT2D eigenvalue weighted by molar-refractivity contribution is 9.10. The van der Waals surface area contributed by atoms with E-state index in [0.29, 0.717) is 6.04 Å². The Hall–Kier alpha value is 0.0100. The van der Waals surface area contributed by atoms with Crippen molar-refractivity contribution in [3.63, 3.8) is 0 Å². The molecule has 2 aliphatic rings. The van der Waals surface area contributed by atoms with Crippen molar-refractivity contribution in [3.05, 3.63) is 33.8 Å². The number of hydrogen-bond acceptors (Lipinski definition) is 2. The van der Waals surface area contributed by atoms with Gasteiger partial charge in [0.05, 0.1) is 0 Å². The average molecular weight is 340 g/mol. The van der Waals surface area contributed by atoms with E-state index < -0.39 is 0 Å². The van der Waals surface area contributed by atoms with Crippen LogP contribution in [-0.2, 0) is 6.42 Å². The Kier molecular flexibility index (Phi) is 4.55. The van der Waals surface area contributed by atoms with Crippen LogP contribution in [0.4, 0.5) is 0 Å². The molecule has 3 unspecified atom stereocenters. The lowest BCUT2D eigenvalue weighted by molar-refractivity contribution is 0.438. The van der Waals surface area contributed by atoms with Gasteiger partial charge in [-0.2, -0.15) is 11.8 Å². The SMILES string of the molecule is CCSC1CCC(NC2CCc3c(Br)cccc32)C1. The van der Waals surface area contributed by atoms with Gasteiger partial charge in [-0.1, -0.05) is 35.0 Å². The fraction of sp³-hybridized carbons (Fsp3) is 0.625. The first-order chi connectivity index (χ1) is 9.28. The molecular weight excluding hydrogens is 318 g/mol. The third-order valence-electron chi connectivity index (χ3n) is 4.44. The fourth-order valence-corrected chi connectivity index (χ4v) is 5.27. The van der Waals surface area contributed by atoms with Crippen molar-refractivity contribution in [2.75, 3.05) is 5.75 Å². The number of nitrogens with one attached hydrogen (secondary N) is 1. The predicted octanol–water partition coefficient (Wildman–Crippen LogP) is 4.70. The van der Waals surface area contributed by atoms with Crippen molar-refractivity contribution in [1.82, 2.24) is 5.32 Å². The molecule has 0 radical (unpaired) electrons. The topological polar surface area (TPSA) is 12.0 Å². The molecule has 1 aromatic rings. The number of hydrogen-bond donors (Lipinski definition) is 1. The summed E-state index contributed by atoms with van der Waals surface area (Å²) in [7, 11) is 0. The molecule has 1 N–H and O–H groups in total. The van der Waals surface area contributed by atoms with E-state index in [0.717, 1.165) is 11.3 Å². The van der Waals surface area contributed by atoms with Crippen LogP contribution in [0.2, 0.25) is 0 Å². The van der Waals surface area contributed by atoms with E-state index in [2.05, 4.69) is 58.1 Å². The van der Waals surface area contributed by atoms with E-state index in [1.807, 2.05) is 0 Å². The minimum Gasteiger partial charge on any atom is -0.307 e. The van der Waals surface area contributed by atoms with Gasteiger partial charge < -0.3 is 5.32 Å². The van der Waals surface area contributed by atoms with Crippen LogP contribution < -0.4 is 5.32 Å². The molecule has 3 heteroatoms. The molecule has 1 aromatic carbocycles. The molecule has 0 heterocycles. The largest absolute Gasteiger partial charge is 0.307 e. The lowest BCUT2D eigenvalue weighted by Crippen LogP contribution is -2.30. The van der Waals surface area contributed by atoms with E-state index in [1.54, 1.807) is 0 Å². The Morgan fingerprint density at radius 2 is 2.21 bits per heavy atom. The van der Waals surface area contributed by atoms with Crippen molar-refractivity contribution in [1.29, 1.82) is 0 Å². The van der Waals surface area contributed by atoms with Crippen LogP contribution in [0.15, 0.2) is 22.7 Å². The Morgan fingerprint density at radius 1 is 1.32 bits per heavy atom. The lowest BCUT2D eigenvalue weighted by Gasteiger charge is -2.20. The van der Waals surface area contributed by atoms with Gasteiger partial charge in [-0.15, -0.1) is 0 Å². The number of rotatable bonds is 4. The lowest BCUT2D eigenvalue weighted by atomic mass is 10.1. The van der Waals surface area contributed by atoms with Gasteiger partial charge in [0.25, 0.3) is 0 Å². The molecule has 1 saturated carbocycles. The van der Waals surface area contributed by atoms with Crippen LogP contribution in [0, 0.1) is 0 Å². The minimum atomic E-state index is 0.586. The summed E-state index contributed by atoms with van der Waals surface area (Å²) in [6.45, 7) is 2.27. The van der Waals surface area contributed by atoms with Crippen LogP contribution in [0.25, 0.3) is 0 Å². The van der Waals surface area contributed by atoms with Crippen LogP contribution in [0.3, 0.4) is 0 Å². The number of halogens is 1. The van der Waals surface area contributed by atoms with Crippen molar-refractivity contribution >= 4 is 27.7 Å². The normalized spacial score (nSPS) is 29.7. The smallest absolute Gasteiger partial charge is 0.0328 e. The summed E-state index contributed by atoms with van der Waals surface area (Å²) < 4.78 is 1.29. The molecular formula is C16H22BrNS. The number of thioether (sulfide) groups is 1. The molecule has 2 aliphatic carbocycles. The maximum atomic E-state index is 3.92. The molecule has 0 amide bonds. The summed E-state index contributed by atoms with van der Waals surface area (Å²) in [4.78, 5) is 0. The Bertz CT molecular complexity index is 448. The highest BCUT2D eigenvalue weighted by Gasteiger charge is 2.30. The summed E-state index contributed by atoms with van der Waals surface area (Å²) in [5.74, 6) is 1.26. The number of benzene rings is 1. The molecule has 1 fully saturated rings.